The number of aliphatic hydroxyl groups is 1. The van der Waals surface area contributed by atoms with Gasteiger partial charge in [0.2, 0.25) is 5.60 Å². The highest BCUT2D eigenvalue weighted by atomic mass is 32.2. The van der Waals surface area contributed by atoms with Crippen LogP contribution in [0.5, 0.6) is 5.75 Å². The summed E-state index contributed by atoms with van der Waals surface area (Å²) in [4.78, 5) is 22.4. The lowest BCUT2D eigenvalue weighted by Gasteiger charge is -2.36. The molecule has 0 spiro atoms. The van der Waals surface area contributed by atoms with Gasteiger partial charge in [0.25, 0.3) is 10.0 Å². The van der Waals surface area contributed by atoms with Crippen molar-refractivity contribution >= 4 is 33.5 Å². The molecule has 0 saturated carbocycles. The molecule has 1 heterocycles. The van der Waals surface area contributed by atoms with Gasteiger partial charge in [0.05, 0.1) is 22.7 Å². The number of rotatable bonds is 7. The fraction of sp³-hybridized carbons (Fsp3) is 0.391. The predicted octanol–water partition coefficient (Wildman–Crippen LogP) is 4.39. The molecule has 0 aromatic heterocycles. The number of alkyl halides is 6. The quantitative estimate of drug-likeness (QED) is 0.398. The number of benzene rings is 2. The number of aliphatic hydroxyl groups excluding tert-OH is 1. The number of amides is 1. The van der Waals surface area contributed by atoms with Crippen molar-refractivity contribution in [1.82, 2.24) is 0 Å². The van der Waals surface area contributed by atoms with Crippen LogP contribution in [-0.4, -0.2) is 61.2 Å². The van der Waals surface area contributed by atoms with Crippen LogP contribution in [-0.2, 0) is 25.7 Å². The Labute approximate surface area is 223 Å². The summed E-state index contributed by atoms with van der Waals surface area (Å²) in [7, 11) is -4.81. The van der Waals surface area contributed by atoms with E-state index in [1.165, 1.54) is 0 Å². The highest BCUT2D eigenvalue weighted by molar-refractivity contribution is 7.92. The number of nitrogens with zero attached hydrogens (tertiary/aromatic N) is 1. The average Bonchev–Trinajstić information content (AvgIpc) is 2.82. The van der Waals surface area contributed by atoms with E-state index < -0.39 is 75.7 Å². The molecule has 0 fully saturated rings. The number of carbonyl (C=O) groups is 2. The molecule has 2 atom stereocenters. The Morgan fingerprint density at radius 3 is 2.35 bits per heavy atom. The van der Waals surface area contributed by atoms with Gasteiger partial charge in [0.15, 0.2) is 6.10 Å². The normalized spacial score (nSPS) is 16.9. The summed E-state index contributed by atoms with van der Waals surface area (Å²) in [6.07, 6.45) is -15.2. The van der Waals surface area contributed by atoms with E-state index in [4.69, 9.17) is 9.84 Å². The van der Waals surface area contributed by atoms with E-state index in [1.54, 1.807) is 0 Å². The maximum absolute atomic E-state index is 13.5. The number of ether oxygens (including phenoxy) is 2. The Kier molecular flexibility index (Phi) is 8.23. The molecular formula is C23H22F6N2O8S. The van der Waals surface area contributed by atoms with Crippen LogP contribution < -0.4 is 14.4 Å². The highest BCUT2D eigenvalue weighted by Crippen LogP contribution is 2.41. The predicted molar refractivity (Wildman–Crippen MR) is 125 cm³/mol. The summed E-state index contributed by atoms with van der Waals surface area (Å²) in [6, 6.07) is 5.93. The summed E-state index contributed by atoms with van der Waals surface area (Å²) in [5.41, 5.74) is -4.76. The number of aliphatic carboxylic acids is 1. The maximum atomic E-state index is 13.5. The number of sulfonamides is 1. The summed E-state index contributed by atoms with van der Waals surface area (Å²) >= 11 is 0. The van der Waals surface area contributed by atoms with Crippen molar-refractivity contribution in [3.05, 3.63) is 48.0 Å². The lowest BCUT2D eigenvalue weighted by Crippen LogP contribution is -2.45. The van der Waals surface area contributed by atoms with Crippen molar-refractivity contribution in [2.24, 2.45) is 0 Å². The van der Waals surface area contributed by atoms with Crippen molar-refractivity contribution in [3.63, 3.8) is 0 Å². The van der Waals surface area contributed by atoms with E-state index in [0.717, 1.165) is 30.3 Å². The van der Waals surface area contributed by atoms with E-state index in [2.05, 4.69) is 4.74 Å². The Hall–Kier alpha value is -3.73. The second kappa shape index (κ2) is 10.7. The molecule has 40 heavy (non-hydrogen) atoms. The molecule has 220 valence electrons. The molecule has 0 unspecified atom stereocenters. The smallest absolute Gasteiger partial charge is 0.427 e. The first-order chi connectivity index (χ1) is 18.2. The van der Waals surface area contributed by atoms with E-state index >= 15 is 0 Å². The molecule has 2 aromatic rings. The first kappa shape index (κ1) is 30.8. The Morgan fingerprint density at radius 1 is 1.12 bits per heavy atom. The number of hydrogen-bond donors (Lipinski definition) is 3. The van der Waals surface area contributed by atoms with Gasteiger partial charge in [-0.05, 0) is 50.2 Å². The minimum absolute atomic E-state index is 0.237. The van der Waals surface area contributed by atoms with Crippen LogP contribution in [0, 0.1) is 0 Å². The van der Waals surface area contributed by atoms with E-state index in [1.807, 2.05) is 5.32 Å². The SMILES string of the molecule is CC(C)(OC(=O)Nc1ccc2c(c1)N(S(=O)(=O)c1cccc(C(F)(F)F)c1)C[C@H](C[C@H](O)C(=O)O)O2)C(F)(F)F. The Morgan fingerprint density at radius 2 is 1.77 bits per heavy atom. The van der Waals surface area contributed by atoms with Crippen LogP contribution >= 0.6 is 0 Å². The van der Waals surface area contributed by atoms with Crippen LogP contribution in [0.3, 0.4) is 0 Å². The van der Waals surface area contributed by atoms with E-state index in [-0.39, 0.29) is 17.1 Å². The summed E-state index contributed by atoms with van der Waals surface area (Å²) < 4.78 is 117. The lowest BCUT2D eigenvalue weighted by atomic mass is 10.1. The molecule has 1 aliphatic rings. The van der Waals surface area contributed by atoms with E-state index in [0.29, 0.717) is 30.3 Å². The van der Waals surface area contributed by atoms with Gasteiger partial charge < -0.3 is 19.7 Å². The van der Waals surface area contributed by atoms with Crippen molar-refractivity contribution in [3.8, 4) is 5.75 Å². The summed E-state index contributed by atoms with van der Waals surface area (Å²) in [6.45, 7) is 0.523. The summed E-state index contributed by atoms with van der Waals surface area (Å²) in [5.74, 6) is -1.87. The van der Waals surface area contributed by atoms with Crippen molar-refractivity contribution in [1.29, 1.82) is 0 Å². The van der Waals surface area contributed by atoms with Gasteiger partial charge in [-0.1, -0.05) is 6.07 Å². The average molecular weight is 600 g/mol. The monoisotopic (exact) mass is 600 g/mol. The minimum Gasteiger partial charge on any atom is -0.486 e. The van der Waals surface area contributed by atoms with Crippen LogP contribution in [0.1, 0.15) is 25.8 Å². The third-order valence-electron chi connectivity index (χ3n) is 5.69. The molecule has 0 radical (unpaired) electrons. The highest BCUT2D eigenvalue weighted by Gasteiger charge is 2.51. The Balaban J connectivity index is 2.02. The zero-order chi connectivity index (χ0) is 30.3. The van der Waals surface area contributed by atoms with Gasteiger partial charge in [-0.25, -0.2) is 18.0 Å². The molecule has 17 heteroatoms. The molecule has 10 nitrogen and oxygen atoms in total. The van der Waals surface area contributed by atoms with Crippen molar-refractivity contribution < 1.29 is 64.0 Å². The number of carboxylic acid groups (broad SMARTS) is 1. The molecule has 1 aliphatic heterocycles. The molecule has 1 amide bonds. The van der Waals surface area contributed by atoms with Gasteiger partial charge in [-0.3, -0.25) is 9.62 Å². The van der Waals surface area contributed by atoms with E-state index in [9.17, 15) is 49.5 Å². The number of nitrogens with one attached hydrogen (secondary N) is 1. The molecule has 0 aliphatic carbocycles. The topological polar surface area (TPSA) is 142 Å². The largest absolute Gasteiger partial charge is 0.486 e. The molecule has 0 bridgehead atoms. The molecular weight excluding hydrogens is 578 g/mol. The number of carbonyl (C=O) groups excluding carboxylic acids is 1. The molecule has 3 N–H and O–H groups in total. The first-order valence-corrected chi connectivity index (χ1v) is 12.6. The maximum Gasteiger partial charge on any atom is 0.427 e. The fourth-order valence-electron chi connectivity index (χ4n) is 3.48. The fourth-order valence-corrected chi connectivity index (χ4v) is 5.03. The van der Waals surface area contributed by atoms with Crippen LogP contribution in [0.15, 0.2) is 47.4 Å². The second-order valence-corrected chi connectivity index (χ2v) is 11.0. The lowest BCUT2D eigenvalue weighted by molar-refractivity contribution is -0.242. The summed E-state index contributed by atoms with van der Waals surface area (Å²) in [5, 5.41) is 20.8. The third-order valence-corrected chi connectivity index (χ3v) is 7.46. The van der Waals surface area contributed by atoms with Crippen molar-refractivity contribution in [2.75, 3.05) is 16.2 Å². The van der Waals surface area contributed by atoms with Gasteiger partial charge in [0, 0.05) is 12.1 Å². The standard InChI is InChI=1S/C23H22F6N2O8S/c1-21(2,23(27,28)29)39-20(35)30-13-6-7-18-16(9-13)31(11-14(38-18)10-17(32)19(33)34)40(36,37)15-5-3-4-12(8-15)22(24,25)26/h3-9,14,17,32H,10-11H2,1-2H3,(H,30,35)(H,33,34)/t14-,17-/m0/s1. The molecule has 0 saturated heterocycles. The number of anilines is 2. The number of carboxylic acids is 1. The van der Waals surface area contributed by atoms with Gasteiger partial charge in [-0.15, -0.1) is 0 Å². The second-order valence-electron chi connectivity index (χ2n) is 9.10. The van der Waals surface area contributed by atoms with Gasteiger partial charge in [0.1, 0.15) is 11.9 Å². The van der Waals surface area contributed by atoms with Crippen LogP contribution in [0.4, 0.5) is 42.5 Å². The molecule has 3 rings (SSSR count). The number of halogens is 6. The van der Waals surface area contributed by atoms with Crippen LogP contribution in [0.25, 0.3) is 0 Å². The van der Waals surface area contributed by atoms with Gasteiger partial charge in [-0.2, -0.15) is 26.3 Å². The third kappa shape index (κ3) is 6.70. The van der Waals surface area contributed by atoms with Gasteiger partial charge >= 0.3 is 24.4 Å². The number of hydrogen-bond acceptors (Lipinski definition) is 7. The number of fused-ring (bicyclic) bond motifs is 1. The molecule has 2 aromatic carbocycles. The van der Waals surface area contributed by atoms with Crippen LogP contribution in [0.2, 0.25) is 0 Å². The minimum atomic E-state index is -4.92. The Bertz CT molecular complexity index is 1390. The zero-order valence-corrected chi connectivity index (χ0v) is 21.4. The zero-order valence-electron chi connectivity index (χ0n) is 20.6. The first-order valence-electron chi connectivity index (χ1n) is 11.2. The van der Waals surface area contributed by atoms with Crippen molar-refractivity contribution in [2.45, 2.75) is 55.3 Å².